The zero-order chi connectivity index (χ0) is 9.10. The Morgan fingerprint density at radius 2 is 2.15 bits per heavy atom. The van der Waals surface area contributed by atoms with Crippen molar-refractivity contribution in [1.82, 2.24) is 0 Å². The van der Waals surface area contributed by atoms with Crippen LogP contribution in [0.4, 0.5) is 5.69 Å². The number of benzene rings is 1. The van der Waals surface area contributed by atoms with Crippen molar-refractivity contribution in [2.75, 3.05) is 12.4 Å². The minimum atomic E-state index is 0.690. The van der Waals surface area contributed by atoms with Gasteiger partial charge in [-0.15, -0.1) is 0 Å². The van der Waals surface area contributed by atoms with Crippen molar-refractivity contribution < 1.29 is 4.74 Å². The highest BCUT2D eigenvalue weighted by Gasteiger charge is 2.21. The van der Waals surface area contributed by atoms with Crippen molar-refractivity contribution in [3.63, 3.8) is 0 Å². The fraction of sp³-hybridized carbons (Fsp3) is 0.455. The van der Waals surface area contributed by atoms with E-state index >= 15 is 0 Å². The number of ether oxygens (including phenoxy) is 1. The quantitative estimate of drug-likeness (QED) is 0.762. The third kappa shape index (κ3) is 2.22. The van der Waals surface area contributed by atoms with Crippen LogP contribution in [0.15, 0.2) is 24.3 Å². The summed E-state index contributed by atoms with van der Waals surface area (Å²) in [6.07, 6.45) is 2.61. The van der Waals surface area contributed by atoms with Crippen LogP contribution in [0.5, 0.6) is 0 Å². The third-order valence-electron chi connectivity index (χ3n) is 2.25. The molecule has 13 heavy (non-hydrogen) atoms. The summed E-state index contributed by atoms with van der Waals surface area (Å²) in [5, 5.41) is 3.49. The van der Waals surface area contributed by atoms with Crippen LogP contribution in [0.2, 0.25) is 0 Å². The second-order valence-corrected chi connectivity index (χ2v) is 3.51. The van der Waals surface area contributed by atoms with E-state index in [1.54, 1.807) is 7.11 Å². The van der Waals surface area contributed by atoms with E-state index in [-0.39, 0.29) is 0 Å². The van der Waals surface area contributed by atoms with Crippen LogP contribution in [0.3, 0.4) is 0 Å². The Hall–Kier alpha value is -1.02. The maximum absolute atomic E-state index is 5.13. The predicted molar refractivity (Wildman–Crippen MR) is 53.8 cm³/mol. The van der Waals surface area contributed by atoms with E-state index in [0.717, 1.165) is 0 Å². The molecule has 0 aromatic heterocycles. The first-order valence-electron chi connectivity index (χ1n) is 4.73. The van der Waals surface area contributed by atoms with Crippen LogP contribution in [-0.4, -0.2) is 13.2 Å². The molecule has 1 aliphatic rings. The predicted octanol–water partition coefficient (Wildman–Crippen LogP) is 2.41. The van der Waals surface area contributed by atoms with E-state index in [9.17, 15) is 0 Å². The summed E-state index contributed by atoms with van der Waals surface area (Å²) in [5.74, 6) is 0. The van der Waals surface area contributed by atoms with Crippen molar-refractivity contribution in [3.05, 3.63) is 29.8 Å². The van der Waals surface area contributed by atoms with E-state index in [0.29, 0.717) is 12.6 Å². The van der Waals surface area contributed by atoms with Crippen LogP contribution in [0, 0.1) is 0 Å². The molecule has 0 atom stereocenters. The van der Waals surface area contributed by atoms with Gasteiger partial charge >= 0.3 is 0 Å². The number of nitrogens with one attached hydrogen (secondary N) is 1. The van der Waals surface area contributed by atoms with Crippen molar-refractivity contribution in [2.45, 2.75) is 25.5 Å². The summed E-state index contributed by atoms with van der Waals surface area (Å²) in [6.45, 7) is 0.690. The van der Waals surface area contributed by atoms with Gasteiger partial charge in [0.2, 0.25) is 0 Å². The Kier molecular flexibility index (Phi) is 2.50. The van der Waals surface area contributed by atoms with E-state index in [1.807, 2.05) is 6.07 Å². The normalized spacial score (nSPS) is 15.8. The zero-order valence-electron chi connectivity index (χ0n) is 7.92. The molecule has 1 fully saturated rings. The van der Waals surface area contributed by atoms with Gasteiger partial charge in [-0.1, -0.05) is 18.2 Å². The number of rotatable bonds is 4. The highest BCUT2D eigenvalue weighted by molar-refractivity contribution is 5.52. The highest BCUT2D eigenvalue weighted by atomic mass is 16.5. The van der Waals surface area contributed by atoms with Gasteiger partial charge in [-0.3, -0.25) is 0 Å². The monoisotopic (exact) mass is 177 g/mol. The molecule has 2 heteroatoms. The molecule has 0 amide bonds. The summed E-state index contributed by atoms with van der Waals surface area (Å²) < 4.78 is 5.13. The second-order valence-electron chi connectivity index (χ2n) is 3.51. The number of anilines is 1. The molecule has 0 heterocycles. The molecule has 0 aliphatic heterocycles. The number of methoxy groups -OCH3 is 1. The fourth-order valence-electron chi connectivity index (χ4n) is 1.39. The van der Waals surface area contributed by atoms with Crippen LogP contribution in [0.1, 0.15) is 18.4 Å². The molecule has 0 radical (unpaired) electrons. The maximum atomic E-state index is 5.13. The largest absolute Gasteiger partial charge is 0.382 e. The lowest BCUT2D eigenvalue weighted by molar-refractivity contribution is 0.185. The average molecular weight is 177 g/mol. The molecule has 0 saturated heterocycles. The van der Waals surface area contributed by atoms with E-state index in [2.05, 4.69) is 23.5 Å². The Morgan fingerprint density at radius 3 is 2.85 bits per heavy atom. The minimum Gasteiger partial charge on any atom is -0.382 e. The lowest BCUT2D eigenvalue weighted by atomic mass is 10.2. The summed E-state index contributed by atoms with van der Waals surface area (Å²) in [7, 11) is 1.73. The van der Waals surface area contributed by atoms with Gasteiger partial charge in [0.1, 0.15) is 0 Å². The Bertz CT molecular complexity index is 281. The molecule has 1 N–H and O–H groups in total. The van der Waals surface area contributed by atoms with E-state index < -0.39 is 0 Å². The fourth-order valence-corrected chi connectivity index (χ4v) is 1.39. The van der Waals surface area contributed by atoms with Crippen molar-refractivity contribution >= 4 is 5.69 Å². The summed E-state index contributed by atoms with van der Waals surface area (Å²) in [4.78, 5) is 0. The highest BCUT2D eigenvalue weighted by Crippen LogP contribution is 2.26. The first-order valence-corrected chi connectivity index (χ1v) is 4.73. The summed E-state index contributed by atoms with van der Waals surface area (Å²) in [5.41, 5.74) is 2.48. The number of hydrogen-bond donors (Lipinski definition) is 1. The molecule has 1 aromatic carbocycles. The molecule has 0 unspecified atom stereocenters. The van der Waals surface area contributed by atoms with Crippen molar-refractivity contribution in [3.8, 4) is 0 Å². The van der Waals surface area contributed by atoms with Crippen LogP contribution in [0.25, 0.3) is 0 Å². The molecule has 0 bridgehead atoms. The van der Waals surface area contributed by atoms with Crippen LogP contribution >= 0.6 is 0 Å². The Morgan fingerprint density at radius 1 is 1.38 bits per heavy atom. The minimum absolute atomic E-state index is 0.690. The lowest BCUT2D eigenvalue weighted by Gasteiger charge is -2.09. The van der Waals surface area contributed by atoms with Gasteiger partial charge < -0.3 is 10.1 Å². The van der Waals surface area contributed by atoms with Crippen LogP contribution < -0.4 is 5.32 Å². The number of para-hydroxylation sites is 1. The third-order valence-corrected chi connectivity index (χ3v) is 2.25. The van der Waals surface area contributed by atoms with E-state index in [4.69, 9.17) is 4.74 Å². The zero-order valence-corrected chi connectivity index (χ0v) is 7.92. The van der Waals surface area contributed by atoms with Gasteiger partial charge in [0.05, 0.1) is 6.61 Å². The van der Waals surface area contributed by atoms with Gasteiger partial charge in [-0.2, -0.15) is 0 Å². The van der Waals surface area contributed by atoms with Gasteiger partial charge in [-0.25, -0.2) is 0 Å². The topological polar surface area (TPSA) is 21.3 Å². The van der Waals surface area contributed by atoms with Gasteiger partial charge in [0.25, 0.3) is 0 Å². The first-order chi connectivity index (χ1) is 6.40. The molecular weight excluding hydrogens is 162 g/mol. The Balaban J connectivity index is 2.10. The smallest absolute Gasteiger partial charge is 0.0733 e. The maximum Gasteiger partial charge on any atom is 0.0733 e. The molecule has 1 saturated carbocycles. The molecule has 70 valence electrons. The molecular formula is C11H15NO. The number of hydrogen-bond acceptors (Lipinski definition) is 2. The van der Waals surface area contributed by atoms with Crippen molar-refractivity contribution in [1.29, 1.82) is 0 Å². The standard InChI is InChI=1S/C11H15NO/c1-13-8-9-4-2-3-5-11(9)12-10-6-7-10/h2-5,10,12H,6-8H2,1H3. The molecule has 2 nitrogen and oxygen atoms in total. The SMILES string of the molecule is COCc1ccccc1NC1CC1. The Labute approximate surface area is 78.9 Å². The molecule has 2 rings (SSSR count). The summed E-state index contributed by atoms with van der Waals surface area (Å²) in [6, 6.07) is 9.04. The van der Waals surface area contributed by atoms with Gasteiger partial charge in [-0.05, 0) is 18.9 Å². The lowest BCUT2D eigenvalue weighted by Crippen LogP contribution is -2.04. The van der Waals surface area contributed by atoms with E-state index in [1.165, 1.54) is 24.1 Å². The second kappa shape index (κ2) is 3.79. The molecule has 0 spiro atoms. The van der Waals surface area contributed by atoms with Crippen molar-refractivity contribution in [2.24, 2.45) is 0 Å². The first kappa shape index (κ1) is 8.57. The molecule has 1 aliphatic carbocycles. The van der Waals surface area contributed by atoms with Gasteiger partial charge in [0.15, 0.2) is 0 Å². The van der Waals surface area contributed by atoms with Gasteiger partial charge in [0, 0.05) is 24.4 Å². The average Bonchev–Trinajstić information content (AvgIpc) is 2.93. The van der Waals surface area contributed by atoms with Crippen LogP contribution in [-0.2, 0) is 11.3 Å². The molecule has 1 aromatic rings. The summed E-state index contributed by atoms with van der Waals surface area (Å²) >= 11 is 0.